The summed E-state index contributed by atoms with van der Waals surface area (Å²) >= 11 is 7.62. The van der Waals surface area contributed by atoms with E-state index in [-0.39, 0.29) is 18.1 Å². The first kappa shape index (κ1) is 17.5. The molecule has 3 rings (SSSR count). The fraction of sp³-hybridized carbons (Fsp3) is 0.100. The lowest BCUT2D eigenvalue weighted by atomic mass is 10.1. The smallest absolute Gasteiger partial charge is 0.316 e. The highest BCUT2D eigenvalue weighted by Crippen LogP contribution is 2.33. The number of carbonyl (C=O) groups excluding carboxylic acids is 2. The van der Waals surface area contributed by atoms with Crippen LogP contribution in [0.1, 0.15) is 10.4 Å². The average molecular weight is 371 g/mol. The number of rotatable bonds is 6. The second-order valence-corrected chi connectivity index (χ2v) is 6.76. The van der Waals surface area contributed by atoms with Gasteiger partial charge in [0.15, 0.2) is 12.4 Å². The van der Waals surface area contributed by atoms with Crippen molar-refractivity contribution in [1.82, 2.24) is 0 Å². The number of hydrogen-bond donors (Lipinski definition) is 0. The Labute approximate surface area is 154 Å². The van der Waals surface area contributed by atoms with E-state index in [1.54, 1.807) is 24.3 Å². The van der Waals surface area contributed by atoms with Crippen LogP contribution in [-0.4, -0.2) is 24.1 Å². The highest BCUT2D eigenvalue weighted by Gasteiger charge is 2.12. The van der Waals surface area contributed by atoms with Crippen molar-refractivity contribution in [3.63, 3.8) is 0 Å². The van der Waals surface area contributed by atoms with Crippen LogP contribution >= 0.6 is 23.4 Å². The number of hydrogen-bond acceptors (Lipinski definition) is 4. The van der Waals surface area contributed by atoms with Crippen molar-refractivity contribution in [3.05, 3.63) is 77.3 Å². The Morgan fingerprint density at radius 2 is 1.64 bits per heavy atom. The highest BCUT2D eigenvalue weighted by atomic mass is 35.5. The van der Waals surface area contributed by atoms with E-state index in [0.29, 0.717) is 10.6 Å². The van der Waals surface area contributed by atoms with Crippen molar-refractivity contribution in [2.75, 3.05) is 12.4 Å². The number of halogens is 1. The van der Waals surface area contributed by atoms with Crippen molar-refractivity contribution < 1.29 is 14.3 Å². The minimum atomic E-state index is -0.432. The number of benzene rings is 3. The minimum Gasteiger partial charge on any atom is -0.457 e. The van der Waals surface area contributed by atoms with E-state index in [9.17, 15) is 9.59 Å². The van der Waals surface area contributed by atoms with Gasteiger partial charge in [0.25, 0.3) is 0 Å². The molecule has 0 saturated carbocycles. The van der Waals surface area contributed by atoms with Gasteiger partial charge >= 0.3 is 5.97 Å². The first-order chi connectivity index (χ1) is 12.1. The Morgan fingerprint density at radius 3 is 2.40 bits per heavy atom. The van der Waals surface area contributed by atoms with Gasteiger partial charge in [0.1, 0.15) is 0 Å². The third-order valence-electron chi connectivity index (χ3n) is 3.62. The maximum absolute atomic E-state index is 11.9. The maximum Gasteiger partial charge on any atom is 0.316 e. The number of fused-ring (bicyclic) bond motifs is 1. The van der Waals surface area contributed by atoms with Crippen molar-refractivity contribution >= 4 is 45.9 Å². The summed E-state index contributed by atoms with van der Waals surface area (Å²) < 4.78 is 5.08. The summed E-state index contributed by atoms with van der Waals surface area (Å²) in [5.41, 5.74) is 0.531. The van der Waals surface area contributed by atoms with E-state index in [1.807, 2.05) is 42.5 Å². The minimum absolute atomic E-state index is 0.117. The standard InChI is InChI=1S/C20H15ClO3S/c21-16-10-4-8-15-9-5-11-18(20(15)16)25-13-19(23)24-12-17(22)14-6-2-1-3-7-14/h1-11H,12-13H2. The molecule has 0 bridgehead atoms. The molecule has 0 amide bonds. The summed E-state index contributed by atoms with van der Waals surface area (Å²) in [6.07, 6.45) is 0. The van der Waals surface area contributed by atoms with Crippen LogP contribution < -0.4 is 0 Å². The van der Waals surface area contributed by atoms with E-state index in [0.717, 1.165) is 15.7 Å². The van der Waals surface area contributed by atoms with Crippen molar-refractivity contribution in [1.29, 1.82) is 0 Å². The van der Waals surface area contributed by atoms with Crippen LogP contribution in [0.5, 0.6) is 0 Å². The Morgan fingerprint density at radius 1 is 0.920 bits per heavy atom. The molecular formula is C20H15ClO3S. The van der Waals surface area contributed by atoms with E-state index in [4.69, 9.17) is 16.3 Å². The van der Waals surface area contributed by atoms with Crippen molar-refractivity contribution in [3.8, 4) is 0 Å². The zero-order chi connectivity index (χ0) is 17.6. The van der Waals surface area contributed by atoms with Gasteiger partial charge in [-0.05, 0) is 17.5 Å². The van der Waals surface area contributed by atoms with Crippen LogP contribution in [0.15, 0.2) is 71.6 Å². The fourth-order valence-corrected chi connectivity index (χ4v) is 3.66. The van der Waals surface area contributed by atoms with Gasteiger partial charge in [-0.3, -0.25) is 9.59 Å². The van der Waals surface area contributed by atoms with Gasteiger partial charge in [-0.1, -0.05) is 66.2 Å². The van der Waals surface area contributed by atoms with Crippen LogP contribution in [0.4, 0.5) is 0 Å². The molecule has 0 unspecified atom stereocenters. The number of carbonyl (C=O) groups is 2. The third-order valence-corrected chi connectivity index (χ3v) is 4.97. The monoisotopic (exact) mass is 370 g/mol. The molecule has 126 valence electrons. The lowest BCUT2D eigenvalue weighted by Gasteiger charge is -2.08. The van der Waals surface area contributed by atoms with Gasteiger partial charge in [0.05, 0.1) is 5.75 Å². The SMILES string of the molecule is O=C(CSc1cccc2cccc(Cl)c12)OCC(=O)c1ccccc1. The third kappa shape index (κ3) is 4.41. The molecule has 0 saturated heterocycles. The predicted octanol–water partition coefficient (Wildman–Crippen LogP) is 5.01. The molecule has 0 aromatic heterocycles. The summed E-state index contributed by atoms with van der Waals surface area (Å²) in [6, 6.07) is 20.3. The zero-order valence-electron chi connectivity index (χ0n) is 13.3. The number of ketones is 1. The molecule has 0 fully saturated rings. The lowest BCUT2D eigenvalue weighted by molar-refractivity contribution is -0.139. The van der Waals surface area contributed by atoms with Crippen LogP contribution in [0.2, 0.25) is 5.02 Å². The topological polar surface area (TPSA) is 43.4 Å². The first-order valence-corrected chi connectivity index (χ1v) is 9.05. The van der Waals surface area contributed by atoms with Crippen LogP contribution in [0, 0.1) is 0 Å². The molecule has 0 aliphatic rings. The van der Waals surface area contributed by atoms with Gasteiger partial charge in [0.2, 0.25) is 0 Å². The van der Waals surface area contributed by atoms with E-state index in [1.165, 1.54) is 11.8 Å². The number of Topliss-reactive ketones (excluding diaryl/α,β-unsaturated/α-hetero) is 1. The Kier molecular flexibility index (Phi) is 5.74. The molecule has 25 heavy (non-hydrogen) atoms. The summed E-state index contributed by atoms with van der Waals surface area (Å²) in [5.74, 6) is -0.530. The largest absolute Gasteiger partial charge is 0.457 e. The first-order valence-electron chi connectivity index (χ1n) is 7.69. The van der Waals surface area contributed by atoms with Crippen LogP contribution in [-0.2, 0) is 9.53 Å². The van der Waals surface area contributed by atoms with Crippen LogP contribution in [0.3, 0.4) is 0 Å². The maximum atomic E-state index is 11.9. The average Bonchev–Trinajstić information content (AvgIpc) is 2.65. The molecule has 5 heteroatoms. The Bertz CT molecular complexity index is 904. The number of thioether (sulfide) groups is 1. The zero-order valence-corrected chi connectivity index (χ0v) is 14.8. The normalized spacial score (nSPS) is 10.6. The van der Waals surface area contributed by atoms with Crippen LogP contribution in [0.25, 0.3) is 10.8 Å². The Hall–Kier alpha value is -2.30. The van der Waals surface area contributed by atoms with Gasteiger partial charge in [0, 0.05) is 20.9 Å². The summed E-state index contributed by atoms with van der Waals surface area (Å²) in [5, 5.41) is 2.59. The number of esters is 1. The molecule has 0 aliphatic carbocycles. The van der Waals surface area contributed by atoms with Gasteiger partial charge in [-0.25, -0.2) is 0 Å². The molecule has 3 nitrogen and oxygen atoms in total. The number of ether oxygens (including phenoxy) is 1. The lowest BCUT2D eigenvalue weighted by Crippen LogP contribution is -2.15. The van der Waals surface area contributed by atoms with Crippen molar-refractivity contribution in [2.45, 2.75) is 4.90 Å². The molecular weight excluding hydrogens is 356 g/mol. The van der Waals surface area contributed by atoms with E-state index < -0.39 is 5.97 Å². The molecule has 0 heterocycles. The van der Waals surface area contributed by atoms with Gasteiger partial charge in [-0.2, -0.15) is 0 Å². The van der Waals surface area contributed by atoms with E-state index >= 15 is 0 Å². The van der Waals surface area contributed by atoms with E-state index in [2.05, 4.69) is 0 Å². The summed E-state index contributed by atoms with van der Waals surface area (Å²) in [7, 11) is 0. The fourth-order valence-electron chi connectivity index (χ4n) is 2.41. The molecule has 0 aliphatic heterocycles. The second-order valence-electron chi connectivity index (χ2n) is 5.33. The summed E-state index contributed by atoms with van der Waals surface area (Å²) in [4.78, 5) is 24.8. The highest BCUT2D eigenvalue weighted by molar-refractivity contribution is 8.00. The Balaban J connectivity index is 1.59. The van der Waals surface area contributed by atoms with Crippen molar-refractivity contribution in [2.24, 2.45) is 0 Å². The predicted molar refractivity (Wildman–Crippen MR) is 101 cm³/mol. The second kappa shape index (κ2) is 8.19. The molecule has 0 atom stereocenters. The molecule has 3 aromatic rings. The van der Waals surface area contributed by atoms with Gasteiger partial charge in [-0.15, -0.1) is 11.8 Å². The molecule has 0 N–H and O–H groups in total. The molecule has 0 radical (unpaired) electrons. The summed E-state index contributed by atoms with van der Waals surface area (Å²) in [6.45, 7) is -0.250. The van der Waals surface area contributed by atoms with Gasteiger partial charge < -0.3 is 4.74 Å². The molecule has 3 aromatic carbocycles. The quantitative estimate of drug-likeness (QED) is 0.347. The molecule has 0 spiro atoms.